The zero-order valence-corrected chi connectivity index (χ0v) is 17.6. The van der Waals surface area contributed by atoms with Gasteiger partial charge in [0.2, 0.25) is 0 Å². The van der Waals surface area contributed by atoms with Gasteiger partial charge in [-0.1, -0.05) is 23.7 Å². The fourth-order valence-electron chi connectivity index (χ4n) is 4.08. The molecule has 2 fully saturated rings. The van der Waals surface area contributed by atoms with Crippen LogP contribution < -0.4 is 4.90 Å². The molecule has 1 amide bonds. The Morgan fingerprint density at radius 2 is 1.79 bits per heavy atom. The van der Waals surface area contributed by atoms with E-state index in [1.165, 1.54) is 0 Å². The molecule has 0 spiro atoms. The van der Waals surface area contributed by atoms with E-state index in [1.54, 1.807) is 4.90 Å². The zero-order valence-electron chi connectivity index (χ0n) is 16.9. The van der Waals surface area contributed by atoms with Crippen molar-refractivity contribution in [2.45, 2.75) is 32.7 Å². The summed E-state index contributed by atoms with van der Waals surface area (Å²) < 4.78 is 7.55. The van der Waals surface area contributed by atoms with Crippen molar-refractivity contribution in [3.63, 3.8) is 0 Å². The fraction of sp³-hybridized carbons (Fsp3) is 0.455. The van der Waals surface area contributed by atoms with Crippen LogP contribution in [-0.4, -0.2) is 54.1 Å². The topological polar surface area (TPSA) is 54.8 Å². The molecule has 1 saturated carbocycles. The first-order valence-corrected chi connectivity index (χ1v) is 10.5. The molecule has 2 heterocycles. The lowest BCUT2D eigenvalue weighted by molar-refractivity contribution is -0.134. The highest BCUT2D eigenvalue weighted by Crippen LogP contribution is 2.38. The molecule has 154 valence electrons. The summed E-state index contributed by atoms with van der Waals surface area (Å²) >= 11 is 6.27. The summed E-state index contributed by atoms with van der Waals surface area (Å²) in [5.41, 5.74) is 3.54. The Hall–Kier alpha value is -2.47. The number of anilines is 1. The van der Waals surface area contributed by atoms with Crippen LogP contribution in [0.3, 0.4) is 0 Å². The second kappa shape index (κ2) is 8.11. The molecule has 2 aliphatic rings. The smallest absolute Gasteiger partial charge is 0.340 e. The van der Waals surface area contributed by atoms with Crippen LogP contribution in [0.4, 0.5) is 5.69 Å². The molecule has 29 heavy (non-hydrogen) atoms. The van der Waals surface area contributed by atoms with Crippen molar-refractivity contribution in [2.75, 3.05) is 37.7 Å². The third-order valence-corrected chi connectivity index (χ3v) is 6.09. The van der Waals surface area contributed by atoms with Gasteiger partial charge in [-0.15, -0.1) is 0 Å². The molecule has 0 atom stereocenters. The number of aryl methyl sites for hydroxylation is 1. The maximum Gasteiger partial charge on any atom is 0.340 e. The summed E-state index contributed by atoms with van der Waals surface area (Å²) in [6.07, 6.45) is 2.31. The Balaban J connectivity index is 1.30. The summed E-state index contributed by atoms with van der Waals surface area (Å²) in [5.74, 6) is -0.582. The summed E-state index contributed by atoms with van der Waals surface area (Å²) in [6.45, 7) is 6.29. The number of amides is 1. The zero-order chi connectivity index (χ0) is 20.5. The van der Waals surface area contributed by atoms with Crippen LogP contribution in [0.15, 0.2) is 30.3 Å². The molecule has 0 radical (unpaired) electrons. The van der Waals surface area contributed by atoms with E-state index in [9.17, 15) is 9.59 Å². The van der Waals surface area contributed by atoms with Gasteiger partial charge in [0.15, 0.2) is 6.61 Å². The van der Waals surface area contributed by atoms with Crippen molar-refractivity contribution in [3.8, 4) is 0 Å². The number of carbonyl (C=O) groups excluding carboxylic acids is 2. The maximum absolute atomic E-state index is 12.5. The van der Waals surface area contributed by atoms with Gasteiger partial charge in [-0.2, -0.15) is 0 Å². The Labute approximate surface area is 176 Å². The molecule has 0 bridgehead atoms. The summed E-state index contributed by atoms with van der Waals surface area (Å²) in [5, 5.41) is 0.713. The molecule has 7 heteroatoms. The average Bonchev–Trinajstić information content (AvgIpc) is 3.51. The first-order chi connectivity index (χ1) is 14.0. The fourth-order valence-corrected chi connectivity index (χ4v) is 4.33. The van der Waals surface area contributed by atoms with Crippen LogP contribution in [0.1, 0.15) is 40.6 Å². The second-order valence-electron chi connectivity index (χ2n) is 7.78. The van der Waals surface area contributed by atoms with E-state index >= 15 is 0 Å². The standard InChI is InChI=1S/C22H26ClN3O3/c1-15-13-18(16(2)26(15)17-7-8-17)22(28)29-14-21(27)25-11-9-24(10-12-25)20-6-4-3-5-19(20)23/h3-6,13,17H,7-12,14H2,1-2H3. The number of halogens is 1. The number of benzene rings is 1. The highest BCUT2D eigenvalue weighted by Gasteiger charge is 2.29. The van der Waals surface area contributed by atoms with Crippen LogP contribution >= 0.6 is 11.6 Å². The van der Waals surface area contributed by atoms with Crippen molar-refractivity contribution in [1.82, 2.24) is 9.47 Å². The number of ether oxygens (including phenoxy) is 1. The Morgan fingerprint density at radius 3 is 2.45 bits per heavy atom. The predicted molar refractivity (Wildman–Crippen MR) is 113 cm³/mol. The van der Waals surface area contributed by atoms with Crippen LogP contribution in [0.5, 0.6) is 0 Å². The number of hydrogen-bond acceptors (Lipinski definition) is 4. The lowest BCUT2D eigenvalue weighted by Crippen LogP contribution is -2.50. The number of para-hydroxylation sites is 1. The molecular weight excluding hydrogens is 390 g/mol. The number of carbonyl (C=O) groups is 2. The van der Waals surface area contributed by atoms with Gasteiger partial charge in [0.05, 0.1) is 16.3 Å². The van der Waals surface area contributed by atoms with Crippen molar-refractivity contribution < 1.29 is 14.3 Å². The molecule has 1 aliphatic carbocycles. The van der Waals surface area contributed by atoms with Crippen molar-refractivity contribution in [3.05, 3.63) is 52.3 Å². The Morgan fingerprint density at radius 1 is 1.10 bits per heavy atom. The third-order valence-electron chi connectivity index (χ3n) is 5.77. The lowest BCUT2D eigenvalue weighted by atomic mass is 10.2. The molecule has 2 aromatic rings. The van der Waals surface area contributed by atoms with E-state index in [-0.39, 0.29) is 12.5 Å². The van der Waals surface area contributed by atoms with Gasteiger partial charge in [-0.3, -0.25) is 4.79 Å². The number of rotatable bonds is 5. The van der Waals surface area contributed by atoms with Gasteiger partial charge in [0, 0.05) is 43.6 Å². The van der Waals surface area contributed by atoms with Crippen molar-refractivity contribution in [2.24, 2.45) is 0 Å². The highest BCUT2D eigenvalue weighted by molar-refractivity contribution is 6.33. The predicted octanol–water partition coefficient (Wildman–Crippen LogP) is 3.60. The van der Waals surface area contributed by atoms with Crippen molar-refractivity contribution in [1.29, 1.82) is 0 Å². The van der Waals surface area contributed by atoms with Crippen molar-refractivity contribution >= 4 is 29.2 Å². The number of hydrogen-bond donors (Lipinski definition) is 0. The quantitative estimate of drug-likeness (QED) is 0.700. The summed E-state index contributed by atoms with van der Waals surface area (Å²) in [7, 11) is 0. The van der Waals surface area contributed by atoms with E-state index in [0.717, 1.165) is 29.9 Å². The molecule has 1 aromatic carbocycles. The van der Waals surface area contributed by atoms with Crippen LogP contribution in [-0.2, 0) is 9.53 Å². The van der Waals surface area contributed by atoms with Crippen LogP contribution in [0.2, 0.25) is 5.02 Å². The molecule has 0 unspecified atom stereocenters. The number of piperazine rings is 1. The molecule has 4 rings (SSSR count). The first kappa shape index (κ1) is 19.8. The van der Waals surface area contributed by atoms with E-state index in [0.29, 0.717) is 42.8 Å². The summed E-state index contributed by atoms with van der Waals surface area (Å²) in [4.78, 5) is 28.9. The minimum absolute atomic E-state index is 0.159. The Kier molecular flexibility index (Phi) is 5.54. The first-order valence-electron chi connectivity index (χ1n) is 10.1. The normalized spacial score (nSPS) is 16.8. The number of nitrogens with zero attached hydrogens (tertiary/aromatic N) is 3. The number of aromatic nitrogens is 1. The molecule has 1 aliphatic heterocycles. The van der Waals surface area contributed by atoms with Gasteiger partial charge >= 0.3 is 5.97 Å². The SMILES string of the molecule is Cc1cc(C(=O)OCC(=O)N2CCN(c3ccccc3Cl)CC2)c(C)n1C1CC1. The van der Waals surface area contributed by atoms with E-state index < -0.39 is 5.97 Å². The van der Waals surface area contributed by atoms with Gasteiger partial charge in [-0.05, 0) is 44.9 Å². The second-order valence-corrected chi connectivity index (χ2v) is 8.19. The molecule has 1 saturated heterocycles. The summed E-state index contributed by atoms with van der Waals surface area (Å²) in [6, 6.07) is 10.1. The molecule has 6 nitrogen and oxygen atoms in total. The van der Waals surface area contributed by atoms with E-state index in [2.05, 4.69) is 9.47 Å². The molecular formula is C22H26ClN3O3. The highest BCUT2D eigenvalue weighted by atomic mass is 35.5. The van der Waals surface area contributed by atoms with Crippen LogP contribution in [0, 0.1) is 13.8 Å². The molecule has 1 aromatic heterocycles. The maximum atomic E-state index is 12.5. The molecule has 0 N–H and O–H groups in total. The minimum atomic E-state index is -0.423. The largest absolute Gasteiger partial charge is 0.452 e. The average molecular weight is 416 g/mol. The van der Waals surface area contributed by atoms with Gasteiger partial charge in [-0.25, -0.2) is 4.79 Å². The minimum Gasteiger partial charge on any atom is -0.452 e. The Bertz CT molecular complexity index is 927. The lowest BCUT2D eigenvalue weighted by Gasteiger charge is -2.36. The van der Waals surface area contributed by atoms with Gasteiger partial charge < -0.3 is 19.1 Å². The van der Waals surface area contributed by atoms with Gasteiger partial charge in [0.25, 0.3) is 5.91 Å². The monoisotopic (exact) mass is 415 g/mol. The van der Waals surface area contributed by atoms with E-state index in [1.807, 2.05) is 44.2 Å². The number of esters is 1. The van der Waals surface area contributed by atoms with E-state index in [4.69, 9.17) is 16.3 Å². The van der Waals surface area contributed by atoms with Gasteiger partial charge in [0.1, 0.15) is 0 Å². The van der Waals surface area contributed by atoms with Crippen LogP contribution in [0.25, 0.3) is 0 Å². The third kappa shape index (κ3) is 4.13.